The monoisotopic (exact) mass is 572 g/mol. The Balaban J connectivity index is 0.00000481. The molecule has 1 aliphatic rings. The van der Waals surface area contributed by atoms with E-state index in [0.717, 1.165) is 11.1 Å². The smallest absolute Gasteiger partial charge is 0.254 e. The molecule has 1 heterocycles. The number of nitrogens with zero attached hydrogens (tertiary/aromatic N) is 2. The Morgan fingerprint density at radius 3 is 2.43 bits per heavy atom. The van der Waals surface area contributed by atoms with Crippen LogP contribution in [0.15, 0.2) is 24.3 Å². The summed E-state index contributed by atoms with van der Waals surface area (Å²) < 4.78 is 16.8. The maximum Gasteiger partial charge on any atom is 0.254 e. The van der Waals surface area contributed by atoms with Gasteiger partial charge in [-0.2, -0.15) is 5.26 Å². The van der Waals surface area contributed by atoms with E-state index in [1.54, 1.807) is 29.2 Å². The fourth-order valence-corrected chi connectivity index (χ4v) is 4.16. The Morgan fingerprint density at radius 1 is 1.16 bits per heavy atom. The number of fused-ring (bicyclic) bond motifs is 1. The zero-order chi connectivity index (χ0) is 26.6. The number of ketones is 1. The molecule has 0 spiro atoms. The number of amides is 1. The van der Waals surface area contributed by atoms with E-state index in [2.05, 4.69) is 5.32 Å². The fraction of sp³-hybridized carbons (Fsp3) is 0.407. The Kier molecular flexibility index (Phi) is 9.70. The van der Waals surface area contributed by atoms with Gasteiger partial charge in [-0.3, -0.25) is 15.0 Å². The summed E-state index contributed by atoms with van der Waals surface area (Å²) >= 11 is 0. The van der Waals surface area contributed by atoms with Crippen molar-refractivity contribution in [1.29, 1.82) is 10.7 Å². The summed E-state index contributed by atoms with van der Waals surface area (Å²) in [5.74, 6) is 0.908. The number of carbonyl (C=O) groups is 2. The molecule has 9 nitrogen and oxygen atoms in total. The van der Waals surface area contributed by atoms with E-state index in [-0.39, 0.29) is 53.1 Å². The van der Waals surface area contributed by atoms with Crippen LogP contribution in [0.25, 0.3) is 0 Å². The van der Waals surface area contributed by atoms with Gasteiger partial charge in [-0.1, -0.05) is 20.8 Å². The molecule has 2 aromatic rings. The summed E-state index contributed by atoms with van der Waals surface area (Å²) in [5.41, 5.74) is 2.58. The molecule has 2 aromatic carbocycles. The molecule has 0 radical (unpaired) electrons. The van der Waals surface area contributed by atoms with E-state index < -0.39 is 0 Å². The first kappa shape index (κ1) is 29.6. The van der Waals surface area contributed by atoms with Crippen molar-refractivity contribution in [1.82, 2.24) is 10.2 Å². The Morgan fingerprint density at radius 2 is 1.86 bits per heavy atom. The van der Waals surface area contributed by atoms with Gasteiger partial charge in [0.1, 0.15) is 17.7 Å². The Bertz CT molecular complexity index is 1250. The molecule has 0 unspecified atom stereocenters. The van der Waals surface area contributed by atoms with E-state index in [9.17, 15) is 9.59 Å². The second-order valence-corrected chi connectivity index (χ2v) is 9.40. The van der Waals surface area contributed by atoms with Crippen molar-refractivity contribution >= 4 is 34.5 Å². The number of nitriles is 1. The Labute approximate surface area is 228 Å². The summed E-state index contributed by atoms with van der Waals surface area (Å²) in [6.07, 6.45) is 0. The van der Waals surface area contributed by atoms with E-state index in [1.165, 1.54) is 14.2 Å². The van der Waals surface area contributed by atoms with Crippen LogP contribution in [0.4, 0.5) is 0 Å². The molecule has 0 bridgehead atoms. The summed E-state index contributed by atoms with van der Waals surface area (Å²) in [5, 5.41) is 20.2. The van der Waals surface area contributed by atoms with Crippen LogP contribution in [-0.4, -0.2) is 56.3 Å². The highest BCUT2D eigenvalue weighted by Gasteiger charge is 2.30. The third kappa shape index (κ3) is 6.23. The van der Waals surface area contributed by atoms with Crippen molar-refractivity contribution in [2.24, 2.45) is 0 Å². The van der Waals surface area contributed by atoms with Crippen LogP contribution < -0.4 is 19.5 Å². The minimum absolute atomic E-state index is 0. The quantitative estimate of drug-likeness (QED) is 0.430. The number of hydrogen-bond acceptors (Lipinski definition) is 7. The maximum absolute atomic E-state index is 13.4. The first-order valence-corrected chi connectivity index (χ1v) is 11.7. The van der Waals surface area contributed by atoms with Crippen LogP contribution in [0.2, 0.25) is 0 Å². The number of amidine groups is 1. The minimum Gasteiger partial charge on any atom is -0.493 e. The van der Waals surface area contributed by atoms with Gasteiger partial charge in [-0.05, 0) is 42.2 Å². The molecule has 0 fully saturated rings. The highest BCUT2D eigenvalue weighted by molar-refractivity contribution is 8.93. The number of ether oxygens (including phenoxy) is 3. The molecular weight excluding hydrogens is 540 g/mol. The summed E-state index contributed by atoms with van der Waals surface area (Å²) in [7, 11) is 3.06. The molecule has 0 aliphatic carbocycles. The van der Waals surface area contributed by atoms with Crippen molar-refractivity contribution in [3.05, 3.63) is 52.1 Å². The number of carbonyl (C=O) groups excluding carboxylic acids is 2. The lowest BCUT2D eigenvalue weighted by atomic mass is 9.84. The molecule has 0 aromatic heterocycles. The molecule has 2 N–H and O–H groups in total. The van der Waals surface area contributed by atoms with E-state index >= 15 is 0 Å². The zero-order valence-corrected chi connectivity index (χ0v) is 23.7. The van der Waals surface area contributed by atoms with Crippen LogP contribution in [0.3, 0.4) is 0 Å². The summed E-state index contributed by atoms with van der Waals surface area (Å²) in [6.45, 7) is 8.35. The molecule has 198 valence electrons. The average Bonchev–Trinajstić information content (AvgIpc) is 3.14. The molecule has 0 saturated heterocycles. The van der Waals surface area contributed by atoms with Gasteiger partial charge in [-0.15, -0.1) is 17.0 Å². The number of rotatable bonds is 9. The predicted octanol–water partition coefficient (Wildman–Crippen LogP) is 4.26. The highest BCUT2D eigenvalue weighted by atomic mass is 79.9. The topological polar surface area (TPSA) is 125 Å². The van der Waals surface area contributed by atoms with Crippen LogP contribution in [0, 0.1) is 16.7 Å². The number of benzene rings is 2. The van der Waals surface area contributed by atoms with E-state index in [1.807, 2.05) is 33.8 Å². The lowest BCUT2D eigenvalue weighted by Gasteiger charge is -2.25. The van der Waals surface area contributed by atoms with Crippen LogP contribution in [0.5, 0.6) is 17.2 Å². The molecule has 0 saturated carbocycles. The van der Waals surface area contributed by atoms with Crippen LogP contribution in [-0.2, 0) is 12.0 Å². The van der Waals surface area contributed by atoms with Gasteiger partial charge >= 0.3 is 0 Å². The number of methoxy groups -OCH3 is 1. The van der Waals surface area contributed by atoms with Crippen molar-refractivity contribution in [2.75, 3.05) is 33.9 Å². The fourth-order valence-electron chi connectivity index (χ4n) is 4.16. The summed E-state index contributed by atoms with van der Waals surface area (Å²) in [6, 6.07) is 8.71. The van der Waals surface area contributed by atoms with Gasteiger partial charge < -0.3 is 24.4 Å². The molecule has 1 aliphatic heterocycles. The van der Waals surface area contributed by atoms with Gasteiger partial charge in [0, 0.05) is 30.3 Å². The predicted molar refractivity (Wildman–Crippen MR) is 146 cm³/mol. The van der Waals surface area contributed by atoms with Crippen LogP contribution in [0.1, 0.15) is 65.1 Å². The van der Waals surface area contributed by atoms with Gasteiger partial charge in [0.05, 0.1) is 25.8 Å². The molecule has 10 heteroatoms. The number of nitrogens with one attached hydrogen (secondary N) is 2. The highest BCUT2D eigenvalue weighted by Crippen LogP contribution is 2.40. The number of halogens is 1. The van der Waals surface area contributed by atoms with Crippen molar-refractivity contribution < 1.29 is 23.8 Å². The maximum atomic E-state index is 13.4. The largest absolute Gasteiger partial charge is 0.493 e. The molecule has 37 heavy (non-hydrogen) atoms. The zero-order valence-electron chi connectivity index (χ0n) is 22.0. The summed E-state index contributed by atoms with van der Waals surface area (Å²) in [4.78, 5) is 27.4. The third-order valence-electron chi connectivity index (χ3n) is 5.93. The SMILES string of the molecule is Br.CCOc1cc2c(cc1C(=O)NC)C(=N)N(CC(=O)c1cc(OCC#N)c(OC)c(C(C)(C)C)c1)C2. The third-order valence-corrected chi connectivity index (χ3v) is 5.93. The van der Waals surface area contributed by atoms with Crippen molar-refractivity contribution in [2.45, 2.75) is 39.7 Å². The molecule has 0 atom stereocenters. The first-order valence-electron chi connectivity index (χ1n) is 11.7. The first-order chi connectivity index (χ1) is 17.0. The molecular formula is C27H33BrN4O5. The molecule has 3 rings (SSSR count). The van der Waals surface area contributed by atoms with Gasteiger partial charge in [-0.25, -0.2) is 0 Å². The second-order valence-electron chi connectivity index (χ2n) is 9.40. The second kappa shape index (κ2) is 12.1. The van der Waals surface area contributed by atoms with Crippen molar-refractivity contribution in [3.8, 4) is 23.3 Å². The van der Waals surface area contributed by atoms with Gasteiger partial charge in [0.2, 0.25) is 0 Å². The van der Waals surface area contributed by atoms with E-state index in [0.29, 0.717) is 47.1 Å². The van der Waals surface area contributed by atoms with Gasteiger partial charge in [0.15, 0.2) is 23.9 Å². The van der Waals surface area contributed by atoms with Gasteiger partial charge in [0.25, 0.3) is 5.91 Å². The lowest BCUT2D eigenvalue weighted by molar-refractivity contribution is 0.0952. The lowest BCUT2D eigenvalue weighted by Crippen LogP contribution is -2.30. The standard InChI is InChI=1S/C27H32N4O5.BrH/c1-7-35-22-12-17-14-31(25(29)18(17)13-19(22)26(33)30-5)15-21(32)16-10-20(27(2,3)4)24(34-6)23(11-16)36-9-8-28;/h10-13,29H,7,9,14-15H2,1-6H3,(H,30,33);1H. The Hall–Kier alpha value is -3.58. The average molecular weight is 573 g/mol. The number of Topliss-reactive ketones (excluding diaryl/α,β-unsaturated/α-hetero) is 1. The van der Waals surface area contributed by atoms with E-state index in [4.69, 9.17) is 24.9 Å². The van der Waals surface area contributed by atoms with Crippen LogP contribution >= 0.6 is 17.0 Å². The minimum atomic E-state index is -0.352. The van der Waals surface area contributed by atoms with Crippen molar-refractivity contribution in [3.63, 3.8) is 0 Å². The number of hydrogen-bond donors (Lipinski definition) is 2. The normalized spacial score (nSPS) is 12.2. The molecule has 1 amide bonds.